The van der Waals surface area contributed by atoms with Crippen LogP contribution in [0.25, 0.3) is 0 Å². The smallest absolute Gasteiger partial charge is 0.374 e. The molecule has 2 aliphatic rings. The Morgan fingerprint density at radius 2 is 1.72 bits per heavy atom. The van der Waals surface area contributed by atoms with E-state index in [2.05, 4.69) is 16.0 Å². The molecule has 1 aliphatic carbocycles. The van der Waals surface area contributed by atoms with E-state index in [1.807, 2.05) is 4.90 Å². The molecule has 1 saturated heterocycles. The second-order valence-electron chi connectivity index (χ2n) is 8.12. The third-order valence-electron chi connectivity index (χ3n) is 5.57. The molecule has 2 aromatic carbocycles. The molecule has 1 heterocycles. The Bertz CT molecular complexity index is 999. The number of halogens is 3. The van der Waals surface area contributed by atoms with Crippen LogP contribution in [0.15, 0.2) is 42.5 Å². The lowest BCUT2D eigenvalue weighted by molar-refractivity contribution is -0.137. The molecule has 9 heteroatoms. The summed E-state index contributed by atoms with van der Waals surface area (Å²) in [5.74, 6) is -0.716. The number of benzene rings is 2. The third kappa shape index (κ3) is 5.33. The van der Waals surface area contributed by atoms with Crippen LogP contribution in [0.4, 0.5) is 30.2 Å². The van der Waals surface area contributed by atoms with Crippen molar-refractivity contribution in [2.75, 3.05) is 35.2 Å². The second kappa shape index (κ2) is 9.10. The van der Waals surface area contributed by atoms with Crippen LogP contribution in [0.3, 0.4) is 0 Å². The van der Waals surface area contributed by atoms with Crippen LogP contribution in [0.1, 0.15) is 41.6 Å². The van der Waals surface area contributed by atoms with Crippen LogP contribution in [0.2, 0.25) is 0 Å². The van der Waals surface area contributed by atoms with E-state index in [4.69, 9.17) is 0 Å². The Morgan fingerprint density at radius 1 is 1.00 bits per heavy atom. The Balaban J connectivity index is 1.46. The number of hydrogen-bond donors (Lipinski definition) is 3. The molecule has 0 atom stereocenters. The number of carbonyl (C=O) groups is 2. The Labute approximate surface area is 184 Å². The number of rotatable bonds is 7. The van der Waals surface area contributed by atoms with E-state index in [0.717, 1.165) is 50.9 Å². The van der Waals surface area contributed by atoms with Crippen molar-refractivity contribution in [3.63, 3.8) is 0 Å². The maximum Gasteiger partial charge on any atom is 0.416 e. The third-order valence-corrected chi connectivity index (χ3v) is 5.57. The van der Waals surface area contributed by atoms with E-state index in [1.165, 1.54) is 6.07 Å². The topological polar surface area (TPSA) is 73.5 Å². The van der Waals surface area contributed by atoms with Crippen molar-refractivity contribution < 1.29 is 22.8 Å². The van der Waals surface area contributed by atoms with Crippen molar-refractivity contribution >= 4 is 28.9 Å². The minimum absolute atomic E-state index is 0.179. The average molecular weight is 446 g/mol. The summed E-state index contributed by atoms with van der Waals surface area (Å²) in [6.45, 7) is 1.28. The molecule has 2 amide bonds. The Morgan fingerprint density at radius 3 is 2.41 bits per heavy atom. The van der Waals surface area contributed by atoms with Crippen LogP contribution >= 0.6 is 0 Å². The summed E-state index contributed by atoms with van der Waals surface area (Å²) >= 11 is 0. The molecular formula is C23H25F3N4O2. The fourth-order valence-electron chi connectivity index (χ4n) is 3.74. The largest absolute Gasteiger partial charge is 0.416 e. The number of nitrogens with zero attached hydrogens (tertiary/aromatic N) is 1. The van der Waals surface area contributed by atoms with Crippen molar-refractivity contribution in [1.82, 2.24) is 5.32 Å². The van der Waals surface area contributed by atoms with Gasteiger partial charge in [-0.05, 0) is 56.0 Å². The molecule has 2 aromatic rings. The van der Waals surface area contributed by atoms with E-state index in [-0.39, 0.29) is 24.2 Å². The Hall–Kier alpha value is -3.23. The molecule has 0 radical (unpaired) electrons. The fourth-order valence-corrected chi connectivity index (χ4v) is 3.74. The fraction of sp³-hybridized carbons (Fsp3) is 0.391. The van der Waals surface area contributed by atoms with Crippen molar-refractivity contribution in [2.45, 2.75) is 37.9 Å². The molecule has 6 nitrogen and oxygen atoms in total. The zero-order valence-electron chi connectivity index (χ0n) is 17.5. The van der Waals surface area contributed by atoms with Gasteiger partial charge in [-0.15, -0.1) is 0 Å². The molecule has 2 fully saturated rings. The van der Waals surface area contributed by atoms with E-state index in [1.54, 1.807) is 24.3 Å². The maximum absolute atomic E-state index is 13.2. The zero-order chi connectivity index (χ0) is 22.7. The number of para-hydroxylation sites is 1. The summed E-state index contributed by atoms with van der Waals surface area (Å²) in [5, 5.41) is 8.43. The quantitative estimate of drug-likeness (QED) is 0.595. The number of alkyl halides is 3. The van der Waals surface area contributed by atoms with Gasteiger partial charge in [0.15, 0.2) is 0 Å². The molecular weight excluding hydrogens is 421 g/mol. The van der Waals surface area contributed by atoms with Gasteiger partial charge in [-0.3, -0.25) is 9.59 Å². The van der Waals surface area contributed by atoms with Gasteiger partial charge in [0.05, 0.1) is 34.7 Å². The highest BCUT2D eigenvalue weighted by Gasteiger charge is 2.32. The zero-order valence-corrected chi connectivity index (χ0v) is 17.5. The second-order valence-corrected chi connectivity index (χ2v) is 8.12. The molecule has 1 aliphatic heterocycles. The van der Waals surface area contributed by atoms with Crippen molar-refractivity contribution in [2.24, 2.45) is 0 Å². The van der Waals surface area contributed by atoms with Crippen molar-refractivity contribution in [3.8, 4) is 0 Å². The number of amides is 2. The van der Waals surface area contributed by atoms with Gasteiger partial charge in [0.2, 0.25) is 5.91 Å². The lowest BCUT2D eigenvalue weighted by Crippen LogP contribution is -2.28. The molecule has 32 heavy (non-hydrogen) atoms. The van der Waals surface area contributed by atoms with Crippen molar-refractivity contribution in [3.05, 3.63) is 53.6 Å². The SMILES string of the molecule is O=C(CNc1cc(C(F)(F)F)ccc1N1CCCC1)Nc1ccccc1C(=O)NC1CC1. The summed E-state index contributed by atoms with van der Waals surface area (Å²) in [7, 11) is 0. The van der Waals surface area contributed by atoms with Gasteiger partial charge >= 0.3 is 6.18 Å². The highest BCUT2D eigenvalue weighted by atomic mass is 19.4. The van der Waals surface area contributed by atoms with E-state index >= 15 is 0 Å². The highest BCUT2D eigenvalue weighted by molar-refractivity contribution is 6.04. The van der Waals surface area contributed by atoms with Crippen LogP contribution in [0, 0.1) is 0 Å². The maximum atomic E-state index is 13.2. The summed E-state index contributed by atoms with van der Waals surface area (Å²) in [6.07, 6.45) is -0.640. The highest BCUT2D eigenvalue weighted by Crippen LogP contribution is 2.36. The van der Waals surface area contributed by atoms with Gasteiger partial charge in [-0.25, -0.2) is 0 Å². The first-order valence-corrected chi connectivity index (χ1v) is 10.7. The molecule has 0 bridgehead atoms. The summed E-state index contributed by atoms with van der Waals surface area (Å²) in [4.78, 5) is 27.0. The molecule has 0 unspecified atom stereocenters. The molecule has 0 aromatic heterocycles. The average Bonchev–Trinajstić information content (AvgIpc) is 3.40. The van der Waals surface area contributed by atoms with Gasteiger partial charge in [0.25, 0.3) is 5.91 Å². The minimum atomic E-state index is -4.48. The van der Waals surface area contributed by atoms with Crippen LogP contribution in [0.5, 0.6) is 0 Å². The molecule has 3 N–H and O–H groups in total. The van der Waals surface area contributed by atoms with E-state index in [0.29, 0.717) is 16.9 Å². The summed E-state index contributed by atoms with van der Waals surface area (Å²) in [5.41, 5.74) is 0.848. The molecule has 1 saturated carbocycles. The van der Waals surface area contributed by atoms with Gasteiger partial charge in [-0.1, -0.05) is 12.1 Å². The molecule has 170 valence electrons. The van der Waals surface area contributed by atoms with E-state index < -0.39 is 17.6 Å². The van der Waals surface area contributed by atoms with Gasteiger partial charge in [0.1, 0.15) is 0 Å². The summed E-state index contributed by atoms with van der Waals surface area (Å²) in [6, 6.07) is 10.4. The minimum Gasteiger partial charge on any atom is -0.374 e. The first kappa shape index (κ1) is 22.0. The predicted molar refractivity (Wildman–Crippen MR) is 117 cm³/mol. The number of carbonyl (C=O) groups excluding carboxylic acids is 2. The Kier molecular flexibility index (Phi) is 6.25. The lowest BCUT2D eigenvalue weighted by Gasteiger charge is -2.23. The van der Waals surface area contributed by atoms with E-state index in [9.17, 15) is 22.8 Å². The standard InChI is InChI=1S/C23H25F3N4O2/c24-23(25,26)15-7-10-20(30-11-3-4-12-30)19(13-15)27-14-21(31)29-18-6-2-1-5-17(18)22(32)28-16-8-9-16/h1-2,5-7,10,13,16,27H,3-4,8-9,11-12,14H2,(H,28,32)(H,29,31). The normalized spacial score (nSPS) is 16.0. The first-order valence-electron chi connectivity index (χ1n) is 10.7. The predicted octanol–water partition coefficient (Wildman–Crippen LogP) is 4.25. The van der Waals surface area contributed by atoms with Gasteiger partial charge in [-0.2, -0.15) is 13.2 Å². The first-order chi connectivity index (χ1) is 15.3. The van der Waals surface area contributed by atoms with Crippen molar-refractivity contribution in [1.29, 1.82) is 0 Å². The van der Waals surface area contributed by atoms with Crippen LogP contribution in [-0.4, -0.2) is 37.5 Å². The monoisotopic (exact) mass is 446 g/mol. The van der Waals surface area contributed by atoms with Crippen LogP contribution < -0.4 is 20.9 Å². The van der Waals surface area contributed by atoms with Crippen LogP contribution in [-0.2, 0) is 11.0 Å². The lowest BCUT2D eigenvalue weighted by atomic mass is 10.1. The van der Waals surface area contributed by atoms with Gasteiger partial charge in [0, 0.05) is 19.1 Å². The molecule has 4 rings (SSSR count). The van der Waals surface area contributed by atoms with Gasteiger partial charge < -0.3 is 20.9 Å². The number of nitrogens with one attached hydrogen (secondary N) is 3. The molecule has 0 spiro atoms. The number of hydrogen-bond acceptors (Lipinski definition) is 4. The number of anilines is 3. The summed E-state index contributed by atoms with van der Waals surface area (Å²) < 4.78 is 39.7.